The molecule has 0 spiro atoms. The van der Waals surface area contributed by atoms with Crippen molar-refractivity contribution in [2.75, 3.05) is 7.11 Å². The number of methoxy groups -OCH3 is 1. The lowest BCUT2D eigenvalue weighted by Gasteiger charge is -2.19. The quantitative estimate of drug-likeness (QED) is 0.865. The maximum absolute atomic E-state index is 12.5. The Kier molecular flexibility index (Phi) is 5.73. The maximum Gasteiger partial charge on any atom is 0.387 e. The number of aryl methyl sites for hydroxylation is 1. The molecule has 0 heterocycles. The van der Waals surface area contributed by atoms with Crippen LogP contribution in [-0.4, -0.2) is 19.6 Å². The number of ether oxygens (including phenoxy) is 2. The first-order valence-electron chi connectivity index (χ1n) is 7.41. The summed E-state index contributed by atoms with van der Waals surface area (Å²) < 4.78 is 34.6. The third-order valence-electron chi connectivity index (χ3n) is 3.55. The summed E-state index contributed by atoms with van der Waals surface area (Å²) in [6.45, 7) is 0.739. The highest BCUT2D eigenvalue weighted by molar-refractivity contribution is 5.97. The molecular weight excluding hydrogens is 316 g/mol. The van der Waals surface area contributed by atoms with Crippen LogP contribution in [0, 0.1) is 6.92 Å². The minimum atomic E-state index is -2.99. The van der Waals surface area contributed by atoms with Gasteiger partial charge in [-0.25, -0.2) is 0 Å². The molecule has 0 aromatic heterocycles. The lowest BCUT2D eigenvalue weighted by Crippen LogP contribution is -2.27. The van der Waals surface area contributed by atoms with E-state index < -0.39 is 12.5 Å². The van der Waals surface area contributed by atoms with Crippen molar-refractivity contribution in [3.63, 3.8) is 0 Å². The van der Waals surface area contributed by atoms with Gasteiger partial charge in [-0.15, -0.1) is 0 Å². The zero-order chi connectivity index (χ0) is 17.7. The highest BCUT2D eigenvalue weighted by atomic mass is 19.3. The molecule has 0 aliphatic heterocycles. The molecule has 24 heavy (non-hydrogen) atoms. The van der Waals surface area contributed by atoms with Crippen LogP contribution in [0.15, 0.2) is 42.5 Å². The summed E-state index contributed by atoms with van der Waals surface area (Å²) in [6, 6.07) is 11.2. The van der Waals surface area contributed by atoms with Crippen LogP contribution in [-0.2, 0) is 0 Å². The Morgan fingerprint density at radius 1 is 1.12 bits per heavy atom. The van der Waals surface area contributed by atoms with Crippen LogP contribution < -0.4 is 14.8 Å². The van der Waals surface area contributed by atoms with Gasteiger partial charge in [0.1, 0.15) is 11.5 Å². The van der Waals surface area contributed by atoms with E-state index in [2.05, 4.69) is 10.1 Å². The molecule has 1 unspecified atom stereocenters. The second kappa shape index (κ2) is 7.77. The molecule has 6 heteroatoms. The second-order valence-electron chi connectivity index (χ2n) is 5.32. The Morgan fingerprint density at radius 3 is 2.50 bits per heavy atom. The number of benzene rings is 2. The number of carbonyl (C=O) groups is 1. The molecule has 2 aromatic rings. The number of amides is 1. The molecule has 128 valence electrons. The van der Waals surface area contributed by atoms with Crippen molar-refractivity contribution in [1.82, 2.24) is 5.32 Å². The van der Waals surface area contributed by atoms with Gasteiger partial charge in [-0.05, 0) is 32.0 Å². The van der Waals surface area contributed by atoms with E-state index in [1.807, 2.05) is 25.1 Å². The van der Waals surface area contributed by atoms with Gasteiger partial charge >= 0.3 is 6.61 Å². The maximum atomic E-state index is 12.5. The standard InChI is InChI=1S/C18H19F2NO3/c1-11-8-9-15(23-3)14(10-11)12(2)21-17(22)13-6-4-5-7-16(13)24-18(19)20/h4-10,12,18H,1-3H3,(H,21,22). The van der Waals surface area contributed by atoms with Crippen LogP contribution in [0.4, 0.5) is 8.78 Å². The van der Waals surface area contributed by atoms with E-state index in [1.54, 1.807) is 20.1 Å². The van der Waals surface area contributed by atoms with Crippen molar-refractivity contribution in [3.05, 3.63) is 59.2 Å². The predicted molar refractivity (Wildman–Crippen MR) is 86.7 cm³/mol. The molecule has 1 atom stereocenters. The number of rotatable bonds is 6. The lowest BCUT2D eigenvalue weighted by atomic mass is 10.0. The van der Waals surface area contributed by atoms with E-state index in [-0.39, 0.29) is 17.4 Å². The normalized spacial score (nSPS) is 11.9. The van der Waals surface area contributed by atoms with Gasteiger partial charge in [-0.1, -0.05) is 29.8 Å². The highest BCUT2D eigenvalue weighted by Gasteiger charge is 2.19. The third kappa shape index (κ3) is 4.22. The number of para-hydroxylation sites is 1. The van der Waals surface area contributed by atoms with Crippen LogP contribution in [0.5, 0.6) is 11.5 Å². The lowest BCUT2D eigenvalue weighted by molar-refractivity contribution is -0.0501. The zero-order valence-electron chi connectivity index (χ0n) is 13.7. The van der Waals surface area contributed by atoms with Gasteiger partial charge in [0.15, 0.2) is 0 Å². The number of halogens is 2. The van der Waals surface area contributed by atoms with E-state index in [9.17, 15) is 13.6 Å². The average molecular weight is 335 g/mol. The molecule has 0 aliphatic rings. The Labute approximate surface area is 139 Å². The van der Waals surface area contributed by atoms with Gasteiger partial charge < -0.3 is 14.8 Å². The molecule has 0 radical (unpaired) electrons. The van der Waals surface area contributed by atoms with Gasteiger partial charge in [-0.2, -0.15) is 8.78 Å². The molecule has 4 nitrogen and oxygen atoms in total. The Bertz CT molecular complexity index is 719. The number of nitrogens with one attached hydrogen (secondary N) is 1. The van der Waals surface area contributed by atoms with Gasteiger partial charge in [0, 0.05) is 5.56 Å². The predicted octanol–water partition coefficient (Wildman–Crippen LogP) is 4.10. The molecule has 1 amide bonds. The fourth-order valence-corrected chi connectivity index (χ4v) is 2.40. The van der Waals surface area contributed by atoms with E-state index in [0.717, 1.165) is 11.1 Å². The van der Waals surface area contributed by atoms with Crippen molar-refractivity contribution in [1.29, 1.82) is 0 Å². The molecule has 0 saturated heterocycles. The smallest absolute Gasteiger partial charge is 0.387 e. The average Bonchev–Trinajstić information content (AvgIpc) is 2.54. The third-order valence-corrected chi connectivity index (χ3v) is 3.55. The highest BCUT2D eigenvalue weighted by Crippen LogP contribution is 2.27. The largest absolute Gasteiger partial charge is 0.496 e. The molecule has 2 rings (SSSR count). The fraction of sp³-hybridized carbons (Fsp3) is 0.278. The Hall–Kier alpha value is -2.63. The summed E-state index contributed by atoms with van der Waals surface area (Å²) in [4.78, 5) is 12.4. The Balaban J connectivity index is 2.22. The van der Waals surface area contributed by atoms with Gasteiger partial charge in [0.2, 0.25) is 0 Å². The first-order chi connectivity index (χ1) is 11.4. The van der Waals surface area contributed by atoms with Crippen LogP contribution in [0.3, 0.4) is 0 Å². The summed E-state index contributed by atoms with van der Waals surface area (Å²) in [5, 5.41) is 2.78. The molecule has 0 bridgehead atoms. The van der Waals surface area contributed by atoms with Gasteiger partial charge in [0.05, 0.1) is 18.7 Å². The summed E-state index contributed by atoms with van der Waals surface area (Å²) in [5.74, 6) is -0.0127. The molecular formula is C18H19F2NO3. The van der Waals surface area contributed by atoms with Crippen molar-refractivity contribution in [2.45, 2.75) is 26.5 Å². The molecule has 1 N–H and O–H groups in total. The summed E-state index contributed by atoms with van der Waals surface area (Å²) in [6.07, 6.45) is 0. The van der Waals surface area contributed by atoms with Gasteiger partial charge in [0.25, 0.3) is 5.91 Å². The van der Waals surface area contributed by atoms with E-state index >= 15 is 0 Å². The van der Waals surface area contributed by atoms with Gasteiger partial charge in [-0.3, -0.25) is 4.79 Å². The SMILES string of the molecule is COc1ccc(C)cc1C(C)NC(=O)c1ccccc1OC(F)F. The molecule has 2 aromatic carbocycles. The molecule has 0 saturated carbocycles. The van der Waals surface area contributed by atoms with Crippen LogP contribution >= 0.6 is 0 Å². The van der Waals surface area contributed by atoms with Crippen molar-refractivity contribution in [2.24, 2.45) is 0 Å². The second-order valence-corrected chi connectivity index (χ2v) is 5.32. The number of alkyl halides is 2. The minimum Gasteiger partial charge on any atom is -0.496 e. The summed E-state index contributed by atoms with van der Waals surface area (Å²) in [7, 11) is 1.55. The molecule has 0 fully saturated rings. The van der Waals surface area contributed by atoms with E-state index in [1.165, 1.54) is 18.2 Å². The fourth-order valence-electron chi connectivity index (χ4n) is 2.40. The summed E-state index contributed by atoms with van der Waals surface area (Å²) in [5.41, 5.74) is 1.88. The number of carbonyl (C=O) groups excluding carboxylic acids is 1. The number of hydrogen-bond donors (Lipinski definition) is 1. The van der Waals surface area contributed by atoms with Crippen molar-refractivity contribution in [3.8, 4) is 11.5 Å². The van der Waals surface area contributed by atoms with Crippen LogP contribution in [0.25, 0.3) is 0 Å². The topological polar surface area (TPSA) is 47.6 Å². The summed E-state index contributed by atoms with van der Waals surface area (Å²) >= 11 is 0. The zero-order valence-corrected chi connectivity index (χ0v) is 13.7. The first-order valence-corrected chi connectivity index (χ1v) is 7.41. The van der Waals surface area contributed by atoms with Crippen molar-refractivity contribution >= 4 is 5.91 Å². The number of hydrogen-bond acceptors (Lipinski definition) is 3. The van der Waals surface area contributed by atoms with E-state index in [4.69, 9.17) is 4.74 Å². The first kappa shape index (κ1) is 17.7. The van der Waals surface area contributed by atoms with Crippen LogP contribution in [0.2, 0.25) is 0 Å². The minimum absolute atomic E-state index is 0.0521. The monoisotopic (exact) mass is 335 g/mol. The van der Waals surface area contributed by atoms with E-state index in [0.29, 0.717) is 5.75 Å². The van der Waals surface area contributed by atoms with Crippen LogP contribution in [0.1, 0.15) is 34.5 Å². The van der Waals surface area contributed by atoms with Crippen molar-refractivity contribution < 1.29 is 23.0 Å². The Morgan fingerprint density at radius 2 is 1.83 bits per heavy atom. The molecule has 0 aliphatic carbocycles.